The Hall–Kier alpha value is -3.82. The molecule has 1 saturated carbocycles. The standard InChI is InChI=1S/C26H29N7O3/c1-16-9-10-23-30-31-24(33(16)23)20-7-4-8-22(28-20)29-25(34)21-13-18-15-32(12-11-17(18)14-27-21)26(35)36-19-5-2-3-6-19/h4,7-8,13-14,16,19H,2-3,5-6,9-12,15H2,1H3,(H,28,29,34)/t16-/m1/s1. The lowest BCUT2D eigenvalue weighted by molar-refractivity contribution is 0.0618. The fourth-order valence-electron chi connectivity index (χ4n) is 5.35. The number of aryl methyl sites for hydroxylation is 1. The number of nitrogens with one attached hydrogen (secondary N) is 1. The molecule has 10 nitrogen and oxygen atoms in total. The van der Waals surface area contributed by atoms with Crippen LogP contribution in [-0.2, 0) is 24.1 Å². The Morgan fingerprint density at radius 2 is 1.94 bits per heavy atom. The van der Waals surface area contributed by atoms with Crippen molar-refractivity contribution in [3.8, 4) is 11.5 Å². The summed E-state index contributed by atoms with van der Waals surface area (Å²) in [5.41, 5.74) is 2.91. The van der Waals surface area contributed by atoms with Gasteiger partial charge in [-0.2, -0.15) is 0 Å². The number of nitrogens with zero attached hydrogens (tertiary/aromatic N) is 6. The summed E-state index contributed by atoms with van der Waals surface area (Å²) in [6.07, 6.45) is 8.23. The van der Waals surface area contributed by atoms with Gasteiger partial charge in [0.05, 0.1) is 0 Å². The second-order valence-electron chi connectivity index (χ2n) is 9.86. The van der Waals surface area contributed by atoms with Crippen LogP contribution >= 0.6 is 0 Å². The van der Waals surface area contributed by atoms with Crippen molar-refractivity contribution in [2.75, 3.05) is 11.9 Å². The zero-order valence-corrected chi connectivity index (χ0v) is 20.3. The van der Waals surface area contributed by atoms with Crippen molar-refractivity contribution in [2.45, 2.75) is 70.6 Å². The molecular weight excluding hydrogens is 458 g/mol. The summed E-state index contributed by atoms with van der Waals surface area (Å²) in [5.74, 6) is 1.74. The predicted molar refractivity (Wildman–Crippen MR) is 131 cm³/mol. The van der Waals surface area contributed by atoms with Gasteiger partial charge >= 0.3 is 6.09 Å². The number of aromatic nitrogens is 5. The summed E-state index contributed by atoms with van der Waals surface area (Å²) >= 11 is 0. The minimum Gasteiger partial charge on any atom is -0.446 e. The molecule has 1 aliphatic carbocycles. The summed E-state index contributed by atoms with van der Waals surface area (Å²) < 4.78 is 7.78. The number of carbonyl (C=O) groups excluding carboxylic acids is 2. The molecule has 3 aromatic rings. The van der Waals surface area contributed by atoms with Crippen LogP contribution in [0.15, 0.2) is 30.5 Å². The Kier molecular flexibility index (Phi) is 5.86. The van der Waals surface area contributed by atoms with E-state index in [0.29, 0.717) is 42.9 Å². The van der Waals surface area contributed by atoms with Crippen LogP contribution in [0.25, 0.3) is 11.5 Å². The minimum absolute atomic E-state index is 0.0305. The number of anilines is 1. The first-order chi connectivity index (χ1) is 17.5. The Balaban J connectivity index is 1.16. The topological polar surface area (TPSA) is 115 Å². The van der Waals surface area contributed by atoms with E-state index in [2.05, 4.69) is 37.0 Å². The molecule has 5 heterocycles. The van der Waals surface area contributed by atoms with E-state index < -0.39 is 0 Å². The lowest BCUT2D eigenvalue weighted by Gasteiger charge is -2.29. The molecule has 2 amide bonds. The van der Waals surface area contributed by atoms with E-state index >= 15 is 0 Å². The number of hydrogen-bond acceptors (Lipinski definition) is 7. The highest BCUT2D eigenvalue weighted by Crippen LogP contribution is 2.30. The minimum atomic E-state index is -0.354. The highest BCUT2D eigenvalue weighted by molar-refractivity contribution is 6.02. The quantitative estimate of drug-likeness (QED) is 0.593. The van der Waals surface area contributed by atoms with Gasteiger partial charge in [-0.3, -0.25) is 9.78 Å². The van der Waals surface area contributed by atoms with Crippen LogP contribution in [-0.4, -0.2) is 54.3 Å². The van der Waals surface area contributed by atoms with Crippen molar-refractivity contribution in [3.05, 3.63) is 53.1 Å². The molecule has 10 heteroatoms. The Morgan fingerprint density at radius 3 is 2.81 bits per heavy atom. The van der Waals surface area contributed by atoms with E-state index in [1.54, 1.807) is 23.2 Å². The number of carbonyl (C=O) groups is 2. The van der Waals surface area contributed by atoms with Crippen LogP contribution in [0.3, 0.4) is 0 Å². The fourth-order valence-corrected chi connectivity index (χ4v) is 5.35. The Labute approximate surface area is 209 Å². The number of rotatable bonds is 4. The molecule has 1 fully saturated rings. The molecule has 1 atom stereocenters. The van der Waals surface area contributed by atoms with Crippen molar-refractivity contribution in [3.63, 3.8) is 0 Å². The normalized spacial score (nSPS) is 19.1. The molecule has 3 aromatic heterocycles. The maximum Gasteiger partial charge on any atom is 0.410 e. The lowest BCUT2D eigenvalue weighted by Crippen LogP contribution is -2.38. The van der Waals surface area contributed by atoms with Crippen LogP contribution in [0.1, 0.15) is 72.5 Å². The van der Waals surface area contributed by atoms with E-state index in [1.165, 1.54) is 0 Å². The van der Waals surface area contributed by atoms with Crippen molar-refractivity contribution < 1.29 is 14.3 Å². The Morgan fingerprint density at radius 1 is 1.08 bits per heavy atom. The summed E-state index contributed by atoms with van der Waals surface area (Å²) in [5, 5.41) is 11.5. The largest absolute Gasteiger partial charge is 0.446 e. The first-order valence-corrected chi connectivity index (χ1v) is 12.7. The third kappa shape index (κ3) is 4.31. The van der Waals surface area contributed by atoms with Gasteiger partial charge in [-0.1, -0.05) is 6.07 Å². The van der Waals surface area contributed by atoms with Gasteiger partial charge < -0.3 is 19.5 Å². The third-order valence-corrected chi connectivity index (χ3v) is 7.37. The smallest absolute Gasteiger partial charge is 0.410 e. The van der Waals surface area contributed by atoms with Gasteiger partial charge in [0.15, 0.2) is 5.82 Å². The number of pyridine rings is 2. The van der Waals surface area contributed by atoms with Crippen molar-refractivity contribution in [1.82, 2.24) is 29.6 Å². The molecular formula is C26H29N7O3. The second-order valence-corrected chi connectivity index (χ2v) is 9.86. The molecule has 3 aliphatic rings. The van der Waals surface area contributed by atoms with Crippen LogP contribution in [0.4, 0.5) is 10.6 Å². The molecule has 36 heavy (non-hydrogen) atoms. The number of amides is 2. The Bertz CT molecular complexity index is 1310. The molecule has 0 aromatic carbocycles. The summed E-state index contributed by atoms with van der Waals surface area (Å²) in [4.78, 5) is 36.4. The third-order valence-electron chi connectivity index (χ3n) is 7.37. The van der Waals surface area contributed by atoms with Gasteiger partial charge in [-0.15, -0.1) is 10.2 Å². The van der Waals surface area contributed by atoms with Gasteiger partial charge in [0, 0.05) is 31.7 Å². The summed E-state index contributed by atoms with van der Waals surface area (Å²) in [7, 11) is 0. The van der Waals surface area contributed by atoms with E-state index in [-0.39, 0.29) is 23.8 Å². The first kappa shape index (κ1) is 22.6. The molecule has 0 unspecified atom stereocenters. The van der Waals surface area contributed by atoms with Crippen molar-refractivity contribution in [1.29, 1.82) is 0 Å². The van der Waals surface area contributed by atoms with E-state index in [1.807, 2.05) is 12.1 Å². The van der Waals surface area contributed by atoms with Gasteiger partial charge in [0.2, 0.25) is 0 Å². The second kappa shape index (κ2) is 9.33. The highest BCUT2D eigenvalue weighted by Gasteiger charge is 2.28. The maximum absolute atomic E-state index is 13.0. The highest BCUT2D eigenvalue weighted by atomic mass is 16.6. The van der Waals surface area contributed by atoms with Crippen molar-refractivity contribution in [2.24, 2.45) is 0 Å². The molecule has 0 bridgehead atoms. The van der Waals surface area contributed by atoms with Crippen LogP contribution in [0.5, 0.6) is 0 Å². The number of fused-ring (bicyclic) bond motifs is 2. The predicted octanol–water partition coefficient (Wildman–Crippen LogP) is 3.93. The summed E-state index contributed by atoms with van der Waals surface area (Å²) in [6.45, 7) is 3.15. The van der Waals surface area contributed by atoms with Crippen LogP contribution < -0.4 is 5.32 Å². The molecule has 0 saturated heterocycles. The van der Waals surface area contributed by atoms with Crippen molar-refractivity contribution >= 4 is 17.8 Å². The van der Waals surface area contributed by atoms with Gasteiger partial charge in [0.1, 0.15) is 29.1 Å². The average Bonchev–Trinajstić information content (AvgIpc) is 3.63. The zero-order valence-electron chi connectivity index (χ0n) is 20.3. The van der Waals surface area contributed by atoms with E-state index in [9.17, 15) is 9.59 Å². The molecule has 1 N–H and O–H groups in total. The van der Waals surface area contributed by atoms with E-state index in [4.69, 9.17) is 4.74 Å². The average molecular weight is 488 g/mol. The maximum atomic E-state index is 13.0. The van der Waals surface area contributed by atoms with Gasteiger partial charge in [0.25, 0.3) is 5.91 Å². The number of hydrogen-bond donors (Lipinski definition) is 1. The monoisotopic (exact) mass is 487 g/mol. The van der Waals surface area contributed by atoms with E-state index in [0.717, 1.165) is 55.5 Å². The molecule has 186 valence electrons. The SMILES string of the molecule is C[C@@H]1CCc2nnc(-c3cccc(NC(=O)c4cc5c(cn4)CCN(C(=O)OC4CCCC4)C5)n3)n21. The van der Waals surface area contributed by atoms with Crippen LogP contribution in [0.2, 0.25) is 0 Å². The van der Waals surface area contributed by atoms with Crippen LogP contribution in [0, 0.1) is 0 Å². The zero-order chi connectivity index (χ0) is 24.6. The molecule has 0 radical (unpaired) electrons. The van der Waals surface area contributed by atoms with Gasteiger partial charge in [-0.25, -0.2) is 9.78 Å². The van der Waals surface area contributed by atoms with Gasteiger partial charge in [-0.05, 0) is 74.8 Å². The molecule has 6 rings (SSSR count). The first-order valence-electron chi connectivity index (χ1n) is 12.7. The summed E-state index contributed by atoms with van der Waals surface area (Å²) in [6, 6.07) is 7.53. The fraction of sp³-hybridized carbons (Fsp3) is 0.462. The molecule has 0 spiro atoms. The lowest BCUT2D eigenvalue weighted by atomic mass is 10.0. The number of ether oxygens (including phenoxy) is 1. The molecule has 2 aliphatic heterocycles.